The van der Waals surface area contributed by atoms with Crippen LogP contribution in [-0.2, 0) is 16.4 Å². The third kappa shape index (κ3) is 3.81. The Balaban J connectivity index is 1.68. The number of rotatable bonds is 4. The summed E-state index contributed by atoms with van der Waals surface area (Å²) in [4.78, 5) is 2.28. The average molecular weight is 405 g/mol. The Morgan fingerprint density at radius 1 is 1.19 bits per heavy atom. The summed E-state index contributed by atoms with van der Waals surface area (Å²) < 4.78 is 25.7. The summed E-state index contributed by atoms with van der Waals surface area (Å²) in [6, 6.07) is 16.2. The predicted octanol–water partition coefficient (Wildman–Crippen LogP) is 2.91. The number of aromatic nitrogens is 2. The molecule has 1 atom stereocenters. The lowest BCUT2D eigenvalue weighted by atomic mass is 10.0. The molecule has 142 valence electrons. The maximum atomic E-state index is 12.1. The first-order valence-corrected chi connectivity index (χ1v) is 11.0. The number of piperazine rings is 1. The van der Waals surface area contributed by atoms with Gasteiger partial charge in [-0.25, -0.2) is 8.42 Å². The summed E-state index contributed by atoms with van der Waals surface area (Å²) >= 11 is 6.18. The fourth-order valence-corrected chi connectivity index (χ4v) is 4.73. The van der Waals surface area contributed by atoms with Crippen molar-refractivity contribution in [2.45, 2.75) is 12.5 Å². The molecule has 1 aliphatic rings. The molecular weight excluding hydrogens is 384 g/mol. The summed E-state index contributed by atoms with van der Waals surface area (Å²) in [5.74, 6) is 0. The van der Waals surface area contributed by atoms with Crippen molar-refractivity contribution in [3.05, 3.63) is 59.2 Å². The summed E-state index contributed by atoms with van der Waals surface area (Å²) in [7, 11) is -3.22. The van der Waals surface area contributed by atoms with E-state index in [1.54, 1.807) is 4.31 Å². The third-order valence-corrected chi connectivity index (χ3v) is 6.62. The lowest BCUT2D eigenvalue weighted by molar-refractivity contribution is 0.332. The van der Waals surface area contributed by atoms with Crippen LogP contribution >= 0.6 is 11.6 Å². The number of nitrogens with one attached hydrogen (secondary N) is 1. The van der Waals surface area contributed by atoms with Crippen LogP contribution in [0.15, 0.2) is 48.5 Å². The number of hydrogen-bond donors (Lipinski definition) is 1. The normalized spacial score (nSPS) is 18.9. The highest BCUT2D eigenvalue weighted by molar-refractivity contribution is 7.88. The second-order valence-electron chi connectivity index (χ2n) is 6.90. The van der Waals surface area contributed by atoms with E-state index in [4.69, 9.17) is 11.6 Å². The number of benzene rings is 2. The van der Waals surface area contributed by atoms with Crippen molar-refractivity contribution in [2.24, 2.45) is 0 Å². The van der Waals surface area contributed by atoms with Gasteiger partial charge >= 0.3 is 0 Å². The molecule has 6 nitrogen and oxygen atoms in total. The first-order chi connectivity index (χ1) is 12.9. The molecule has 0 aliphatic carbocycles. The Morgan fingerprint density at radius 2 is 1.96 bits per heavy atom. The molecular formula is C19H21ClN4O2S. The smallest absolute Gasteiger partial charge is 0.211 e. The van der Waals surface area contributed by atoms with Gasteiger partial charge in [-0.05, 0) is 30.2 Å². The van der Waals surface area contributed by atoms with E-state index < -0.39 is 10.0 Å². The quantitative estimate of drug-likeness (QED) is 0.725. The van der Waals surface area contributed by atoms with Gasteiger partial charge in [-0.3, -0.25) is 5.10 Å². The highest BCUT2D eigenvalue weighted by atomic mass is 35.5. The van der Waals surface area contributed by atoms with E-state index >= 15 is 0 Å². The van der Waals surface area contributed by atoms with Crippen LogP contribution in [0.25, 0.3) is 10.9 Å². The molecule has 0 radical (unpaired) electrons. The highest BCUT2D eigenvalue weighted by Crippen LogP contribution is 2.29. The van der Waals surface area contributed by atoms with E-state index in [1.807, 2.05) is 36.4 Å². The number of nitrogens with zero attached hydrogens (tertiary/aromatic N) is 3. The van der Waals surface area contributed by atoms with E-state index in [-0.39, 0.29) is 6.04 Å². The van der Waals surface area contributed by atoms with Gasteiger partial charge < -0.3 is 4.90 Å². The van der Waals surface area contributed by atoms with Crippen LogP contribution in [0.4, 0.5) is 5.69 Å². The zero-order chi connectivity index (χ0) is 19.0. The number of hydrogen-bond acceptors (Lipinski definition) is 4. The van der Waals surface area contributed by atoms with Gasteiger partial charge in [-0.1, -0.05) is 41.9 Å². The maximum Gasteiger partial charge on any atom is 0.211 e. The molecule has 2 heterocycles. The molecule has 1 N–H and O–H groups in total. The first-order valence-electron chi connectivity index (χ1n) is 8.81. The SMILES string of the molecule is CS(=O)(=O)N1CCN(c2ccc3[nH]nc(Cl)c3c2)[C@H](Cc2ccccc2)C1. The van der Waals surface area contributed by atoms with Crippen LogP contribution in [0.1, 0.15) is 5.56 Å². The molecule has 0 unspecified atom stereocenters. The van der Waals surface area contributed by atoms with Crippen LogP contribution in [0.5, 0.6) is 0 Å². The topological polar surface area (TPSA) is 69.3 Å². The average Bonchev–Trinajstić information content (AvgIpc) is 3.02. The van der Waals surface area contributed by atoms with Gasteiger partial charge in [-0.2, -0.15) is 9.40 Å². The first kappa shape index (κ1) is 18.3. The number of aromatic amines is 1. The second-order valence-corrected chi connectivity index (χ2v) is 9.24. The second kappa shape index (κ2) is 7.14. The van der Waals surface area contributed by atoms with Gasteiger partial charge in [0.2, 0.25) is 10.0 Å². The molecule has 2 aromatic carbocycles. The molecule has 8 heteroatoms. The zero-order valence-corrected chi connectivity index (χ0v) is 16.5. The summed E-state index contributed by atoms with van der Waals surface area (Å²) in [5.41, 5.74) is 3.10. The Hall–Kier alpha value is -2.09. The fraction of sp³-hybridized carbons (Fsp3) is 0.316. The van der Waals surface area contributed by atoms with Gasteiger partial charge in [-0.15, -0.1) is 0 Å². The Morgan fingerprint density at radius 3 is 2.70 bits per heavy atom. The molecule has 1 aliphatic heterocycles. The lowest BCUT2D eigenvalue weighted by Crippen LogP contribution is -2.55. The lowest BCUT2D eigenvalue weighted by Gasteiger charge is -2.42. The van der Waals surface area contributed by atoms with Crippen LogP contribution in [0, 0.1) is 0 Å². The molecule has 1 saturated heterocycles. The molecule has 1 aromatic heterocycles. The maximum absolute atomic E-state index is 12.1. The van der Waals surface area contributed by atoms with Crippen molar-refractivity contribution in [2.75, 3.05) is 30.8 Å². The third-order valence-electron chi connectivity index (χ3n) is 5.06. The number of sulfonamides is 1. The molecule has 4 rings (SSSR count). The van der Waals surface area contributed by atoms with Crippen LogP contribution in [0.3, 0.4) is 0 Å². The Bertz CT molecular complexity index is 1050. The molecule has 0 amide bonds. The minimum Gasteiger partial charge on any atom is -0.366 e. The van der Waals surface area contributed by atoms with E-state index in [0.717, 1.165) is 23.0 Å². The monoisotopic (exact) mass is 404 g/mol. The van der Waals surface area contributed by atoms with Crippen molar-refractivity contribution in [1.29, 1.82) is 0 Å². The van der Waals surface area contributed by atoms with Gasteiger partial charge in [0.1, 0.15) is 0 Å². The number of H-pyrrole nitrogens is 1. The molecule has 3 aromatic rings. The molecule has 0 spiro atoms. The highest BCUT2D eigenvalue weighted by Gasteiger charge is 2.31. The van der Waals surface area contributed by atoms with Crippen molar-refractivity contribution in [3.63, 3.8) is 0 Å². The number of halogens is 1. The summed E-state index contributed by atoms with van der Waals surface area (Å²) in [6.45, 7) is 1.57. The van der Waals surface area contributed by atoms with Gasteiger partial charge in [0.05, 0.1) is 11.8 Å². The van der Waals surface area contributed by atoms with Gasteiger partial charge in [0.15, 0.2) is 5.15 Å². The fourth-order valence-electron chi connectivity index (χ4n) is 3.68. The van der Waals surface area contributed by atoms with E-state index in [1.165, 1.54) is 11.8 Å². The van der Waals surface area contributed by atoms with Crippen LogP contribution in [-0.4, -0.2) is 54.9 Å². The van der Waals surface area contributed by atoms with Crippen LogP contribution in [0.2, 0.25) is 5.15 Å². The van der Waals surface area contributed by atoms with Crippen molar-refractivity contribution in [3.8, 4) is 0 Å². The summed E-state index contributed by atoms with van der Waals surface area (Å²) in [6.07, 6.45) is 2.05. The van der Waals surface area contributed by atoms with Gasteiger partial charge in [0, 0.05) is 36.7 Å². The van der Waals surface area contributed by atoms with Gasteiger partial charge in [0.25, 0.3) is 0 Å². The van der Waals surface area contributed by atoms with Crippen molar-refractivity contribution < 1.29 is 8.42 Å². The largest absolute Gasteiger partial charge is 0.366 e. The predicted molar refractivity (Wildman–Crippen MR) is 109 cm³/mol. The standard InChI is InChI=1S/C19H21ClN4O2S/c1-27(25,26)23-9-10-24(16(13-23)11-14-5-3-2-4-6-14)15-7-8-18-17(12-15)19(20)22-21-18/h2-8,12,16H,9-11,13H2,1H3,(H,21,22)/t16-/m1/s1. The zero-order valence-electron chi connectivity index (χ0n) is 15.0. The Kier molecular flexibility index (Phi) is 4.84. The molecule has 1 fully saturated rings. The Labute approximate surface area is 163 Å². The van der Waals surface area contributed by atoms with Crippen LogP contribution < -0.4 is 4.90 Å². The molecule has 0 bridgehead atoms. The minimum absolute atomic E-state index is 0.0407. The van der Waals surface area contributed by atoms with E-state index in [9.17, 15) is 8.42 Å². The van der Waals surface area contributed by atoms with Crippen molar-refractivity contribution >= 4 is 38.2 Å². The van der Waals surface area contributed by atoms with E-state index in [2.05, 4.69) is 27.2 Å². The number of fused-ring (bicyclic) bond motifs is 1. The number of anilines is 1. The molecule has 27 heavy (non-hydrogen) atoms. The minimum atomic E-state index is -3.22. The van der Waals surface area contributed by atoms with E-state index in [0.29, 0.717) is 24.8 Å². The summed E-state index contributed by atoms with van der Waals surface area (Å²) in [5, 5.41) is 8.27. The van der Waals surface area contributed by atoms with Crippen molar-refractivity contribution in [1.82, 2.24) is 14.5 Å². The molecule has 0 saturated carbocycles.